The summed E-state index contributed by atoms with van der Waals surface area (Å²) in [6.45, 7) is 3.97. The van der Waals surface area contributed by atoms with Crippen LogP contribution in [0.3, 0.4) is 0 Å². The van der Waals surface area contributed by atoms with Crippen molar-refractivity contribution in [3.05, 3.63) is 11.8 Å². The lowest BCUT2D eigenvalue weighted by atomic mass is 9.95. The summed E-state index contributed by atoms with van der Waals surface area (Å²) in [5, 5.41) is 11.3. The van der Waals surface area contributed by atoms with Crippen LogP contribution in [0.25, 0.3) is 0 Å². The van der Waals surface area contributed by atoms with Crippen LogP contribution >= 0.6 is 0 Å². The minimum Gasteiger partial charge on any atom is -0.475 e. The zero-order valence-corrected chi connectivity index (χ0v) is 10.2. The fraction of sp³-hybridized carbons (Fsp3) is 0.500. The van der Waals surface area contributed by atoms with Gasteiger partial charge in [0, 0.05) is 12.0 Å². The fourth-order valence-electron chi connectivity index (χ4n) is 2.05. The van der Waals surface area contributed by atoms with Gasteiger partial charge in [-0.05, 0) is 12.8 Å². The van der Waals surface area contributed by atoms with E-state index in [1.807, 2.05) is 13.8 Å². The first-order valence-corrected chi connectivity index (χ1v) is 5.91. The van der Waals surface area contributed by atoms with E-state index in [9.17, 15) is 9.59 Å². The van der Waals surface area contributed by atoms with Gasteiger partial charge < -0.3 is 14.3 Å². The number of fused-ring (bicyclic) bond motifs is 1. The molecule has 1 aliphatic heterocycles. The molecule has 0 spiro atoms. The number of hydrogen-bond donors (Lipinski definition) is 2. The predicted octanol–water partition coefficient (Wildman–Crippen LogP) is 2.11. The molecule has 1 aliphatic rings. The Kier molecular flexibility index (Phi) is 3.27. The normalized spacial score (nSPS) is 18.2. The Morgan fingerprint density at radius 1 is 1.50 bits per heavy atom. The molecule has 0 aliphatic carbocycles. The second-order valence-corrected chi connectivity index (χ2v) is 4.21. The van der Waals surface area contributed by atoms with E-state index in [2.05, 4.69) is 5.32 Å². The lowest BCUT2D eigenvalue weighted by Gasteiger charge is -2.27. The number of amides is 1. The number of ether oxygens (including phenoxy) is 1. The van der Waals surface area contributed by atoms with Gasteiger partial charge in [-0.15, -0.1) is 0 Å². The van der Waals surface area contributed by atoms with Crippen LogP contribution in [0.2, 0.25) is 0 Å². The number of rotatable bonds is 4. The third kappa shape index (κ3) is 2.05. The summed E-state index contributed by atoms with van der Waals surface area (Å²) in [5.41, 5.74) is 0. The van der Waals surface area contributed by atoms with Gasteiger partial charge in [0.2, 0.25) is 11.6 Å². The Bertz CT molecular complexity index is 475. The number of carboxylic acid groups (broad SMARTS) is 1. The van der Waals surface area contributed by atoms with Crippen molar-refractivity contribution in [1.82, 2.24) is 0 Å². The third-order valence-electron chi connectivity index (χ3n) is 3.13. The van der Waals surface area contributed by atoms with Gasteiger partial charge in [0.1, 0.15) is 0 Å². The highest BCUT2D eigenvalue weighted by Crippen LogP contribution is 2.35. The first kappa shape index (κ1) is 12.5. The first-order valence-electron chi connectivity index (χ1n) is 5.91. The smallest absolute Gasteiger partial charge is 0.372 e. The third-order valence-corrected chi connectivity index (χ3v) is 3.13. The fourth-order valence-corrected chi connectivity index (χ4v) is 2.05. The van der Waals surface area contributed by atoms with Crippen molar-refractivity contribution in [1.29, 1.82) is 0 Å². The van der Waals surface area contributed by atoms with Crippen molar-refractivity contribution in [3.63, 3.8) is 0 Å². The highest BCUT2D eigenvalue weighted by Gasteiger charge is 2.35. The van der Waals surface area contributed by atoms with Crippen LogP contribution in [0, 0.1) is 5.92 Å². The minimum atomic E-state index is -1.19. The van der Waals surface area contributed by atoms with E-state index in [1.54, 1.807) is 0 Å². The molecule has 0 fully saturated rings. The van der Waals surface area contributed by atoms with E-state index in [-0.39, 0.29) is 29.2 Å². The number of carbonyl (C=O) groups excluding carboxylic acids is 1. The van der Waals surface area contributed by atoms with Crippen molar-refractivity contribution in [2.45, 2.75) is 32.8 Å². The van der Waals surface area contributed by atoms with Crippen molar-refractivity contribution >= 4 is 17.8 Å². The van der Waals surface area contributed by atoms with Crippen LogP contribution < -0.4 is 10.1 Å². The molecule has 0 aromatic carbocycles. The van der Waals surface area contributed by atoms with Gasteiger partial charge in [0.25, 0.3) is 5.91 Å². The van der Waals surface area contributed by atoms with E-state index >= 15 is 0 Å². The van der Waals surface area contributed by atoms with E-state index in [0.717, 1.165) is 12.8 Å². The Morgan fingerprint density at radius 3 is 2.72 bits per heavy atom. The summed E-state index contributed by atoms with van der Waals surface area (Å²) >= 11 is 0. The number of carbonyl (C=O) groups is 2. The largest absolute Gasteiger partial charge is 0.475 e. The van der Waals surface area contributed by atoms with Crippen molar-refractivity contribution in [2.24, 2.45) is 5.92 Å². The molecule has 2 N–H and O–H groups in total. The number of aromatic carboxylic acids is 1. The molecule has 1 aromatic rings. The van der Waals surface area contributed by atoms with Crippen molar-refractivity contribution in [3.8, 4) is 5.75 Å². The molecule has 1 amide bonds. The van der Waals surface area contributed by atoms with Crippen LogP contribution in [0.15, 0.2) is 10.5 Å². The first-order chi connectivity index (χ1) is 8.56. The number of nitrogens with one attached hydrogen (secondary N) is 1. The maximum Gasteiger partial charge on any atom is 0.372 e. The summed E-state index contributed by atoms with van der Waals surface area (Å²) in [5.74, 6) is -1.28. The zero-order chi connectivity index (χ0) is 13.3. The predicted molar refractivity (Wildman–Crippen MR) is 62.8 cm³/mol. The van der Waals surface area contributed by atoms with Crippen LogP contribution in [-0.4, -0.2) is 23.1 Å². The SMILES string of the molecule is CCC(CC)C1Oc2cc(C(=O)O)oc2NC1=O. The van der Waals surface area contributed by atoms with Crippen molar-refractivity contribution < 1.29 is 23.8 Å². The molecule has 0 bridgehead atoms. The zero-order valence-electron chi connectivity index (χ0n) is 10.2. The summed E-state index contributed by atoms with van der Waals surface area (Å²) in [6, 6.07) is 1.28. The summed E-state index contributed by atoms with van der Waals surface area (Å²) in [4.78, 5) is 22.6. The van der Waals surface area contributed by atoms with Crippen LogP contribution in [0.5, 0.6) is 5.75 Å². The van der Waals surface area contributed by atoms with Gasteiger partial charge in [-0.1, -0.05) is 13.8 Å². The number of furan rings is 1. The van der Waals surface area contributed by atoms with E-state index < -0.39 is 12.1 Å². The maximum atomic E-state index is 11.9. The molecule has 1 unspecified atom stereocenters. The van der Waals surface area contributed by atoms with Gasteiger partial charge in [-0.25, -0.2) is 4.79 Å². The number of anilines is 1. The van der Waals surface area contributed by atoms with E-state index in [0.29, 0.717) is 0 Å². The van der Waals surface area contributed by atoms with Crippen molar-refractivity contribution in [2.75, 3.05) is 5.32 Å². The number of hydrogen-bond acceptors (Lipinski definition) is 4. The molecule has 0 saturated heterocycles. The lowest BCUT2D eigenvalue weighted by molar-refractivity contribution is -0.126. The van der Waals surface area contributed by atoms with Gasteiger partial charge in [0.15, 0.2) is 11.9 Å². The average Bonchev–Trinajstić information content (AvgIpc) is 2.74. The summed E-state index contributed by atoms with van der Waals surface area (Å²) < 4.78 is 10.5. The standard InChI is InChI=1S/C12H15NO5/c1-3-6(4-2)9-10(14)13-11-7(17-9)5-8(18-11)12(15)16/h5-6,9H,3-4H2,1-2H3,(H,13,14)(H,15,16). The average molecular weight is 253 g/mol. The molecule has 98 valence electrons. The molecule has 1 atom stereocenters. The Hall–Kier alpha value is -1.98. The Labute approximate surface area is 104 Å². The summed E-state index contributed by atoms with van der Waals surface area (Å²) in [7, 11) is 0. The summed E-state index contributed by atoms with van der Waals surface area (Å²) in [6.07, 6.45) is 1.04. The molecule has 2 rings (SSSR count). The lowest BCUT2D eigenvalue weighted by Crippen LogP contribution is -2.41. The maximum absolute atomic E-state index is 11.9. The number of carboxylic acids is 1. The van der Waals surface area contributed by atoms with Gasteiger partial charge in [0.05, 0.1) is 0 Å². The second kappa shape index (κ2) is 4.72. The van der Waals surface area contributed by atoms with Gasteiger partial charge in [-0.2, -0.15) is 0 Å². The molecule has 18 heavy (non-hydrogen) atoms. The van der Waals surface area contributed by atoms with E-state index in [1.165, 1.54) is 6.07 Å². The molecule has 0 radical (unpaired) electrons. The molecule has 0 saturated carbocycles. The molecule has 2 heterocycles. The van der Waals surface area contributed by atoms with Crippen LogP contribution in [0.4, 0.5) is 5.88 Å². The minimum absolute atomic E-state index is 0.0691. The Morgan fingerprint density at radius 2 is 2.17 bits per heavy atom. The Balaban J connectivity index is 2.26. The van der Waals surface area contributed by atoms with E-state index in [4.69, 9.17) is 14.3 Å². The second-order valence-electron chi connectivity index (χ2n) is 4.21. The molecular formula is C12H15NO5. The highest BCUT2D eigenvalue weighted by atomic mass is 16.5. The molecule has 6 nitrogen and oxygen atoms in total. The van der Waals surface area contributed by atoms with Crippen LogP contribution in [-0.2, 0) is 4.79 Å². The highest BCUT2D eigenvalue weighted by molar-refractivity contribution is 5.97. The molecular weight excluding hydrogens is 238 g/mol. The molecule has 1 aromatic heterocycles. The monoisotopic (exact) mass is 253 g/mol. The quantitative estimate of drug-likeness (QED) is 0.857. The van der Waals surface area contributed by atoms with Crippen LogP contribution in [0.1, 0.15) is 37.2 Å². The van der Waals surface area contributed by atoms with Gasteiger partial charge in [-0.3, -0.25) is 10.1 Å². The van der Waals surface area contributed by atoms with Gasteiger partial charge >= 0.3 is 5.97 Å². The topological polar surface area (TPSA) is 88.8 Å². The molecule has 6 heteroatoms.